The Balaban J connectivity index is 2.37. The van der Waals surface area contributed by atoms with Gasteiger partial charge in [-0.05, 0) is 32.9 Å². The number of amides is 2. The van der Waals surface area contributed by atoms with Crippen molar-refractivity contribution in [1.82, 2.24) is 16.0 Å². The number of ether oxygens (including phenoxy) is 1. The van der Waals surface area contributed by atoms with Crippen LogP contribution < -0.4 is 21.3 Å². The minimum absolute atomic E-state index is 0.238. The fourth-order valence-electron chi connectivity index (χ4n) is 1.86. The Hall–Kier alpha value is -2.98. The standard InChI is InChI=1S/C17H24F3N5O3/c1-17(2,3)28-16(27)23-8-7-22-15(21-4)24-9-12(26)25-11-6-5-10(18)13(19)14(11)20/h5-6H,7-9H2,1-4H3,(H,23,27)(H,25,26)(H2,21,22,24). The predicted molar refractivity (Wildman–Crippen MR) is 98.5 cm³/mol. The lowest BCUT2D eigenvalue weighted by Crippen LogP contribution is -2.44. The van der Waals surface area contributed by atoms with Gasteiger partial charge < -0.3 is 26.0 Å². The van der Waals surface area contributed by atoms with Crippen LogP contribution in [-0.2, 0) is 9.53 Å². The molecule has 1 rings (SSSR count). The van der Waals surface area contributed by atoms with E-state index in [2.05, 4.69) is 26.3 Å². The normalized spacial score (nSPS) is 11.6. The molecule has 8 nitrogen and oxygen atoms in total. The van der Waals surface area contributed by atoms with E-state index in [0.29, 0.717) is 12.6 Å². The molecule has 4 N–H and O–H groups in total. The molecule has 0 spiro atoms. The number of guanidine groups is 1. The van der Waals surface area contributed by atoms with Crippen molar-refractivity contribution in [3.8, 4) is 0 Å². The zero-order valence-corrected chi connectivity index (χ0v) is 16.1. The Labute approximate surface area is 160 Å². The quantitative estimate of drug-likeness (QED) is 0.251. The molecule has 0 aromatic heterocycles. The van der Waals surface area contributed by atoms with Crippen LogP contribution in [0.2, 0.25) is 0 Å². The molecule has 28 heavy (non-hydrogen) atoms. The molecule has 1 aromatic carbocycles. The molecule has 0 fully saturated rings. The summed E-state index contributed by atoms with van der Waals surface area (Å²) in [6, 6.07) is 1.63. The molecule has 0 atom stereocenters. The molecule has 0 aliphatic carbocycles. The average molecular weight is 403 g/mol. The number of carbonyl (C=O) groups excluding carboxylic acids is 2. The van der Waals surface area contributed by atoms with Gasteiger partial charge in [-0.1, -0.05) is 0 Å². The third-order valence-corrected chi connectivity index (χ3v) is 3.03. The van der Waals surface area contributed by atoms with Crippen LogP contribution in [0.25, 0.3) is 0 Å². The van der Waals surface area contributed by atoms with Gasteiger partial charge in [0.25, 0.3) is 0 Å². The van der Waals surface area contributed by atoms with E-state index in [-0.39, 0.29) is 19.0 Å². The van der Waals surface area contributed by atoms with Gasteiger partial charge in [0.15, 0.2) is 23.4 Å². The summed E-state index contributed by atoms with van der Waals surface area (Å²) in [5, 5.41) is 10.2. The second-order valence-corrected chi connectivity index (χ2v) is 6.55. The third-order valence-electron chi connectivity index (χ3n) is 3.03. The van der Waals surface area contributed by atoms with Gasteiger partial charge >= 0.3 is 6.09 Å². The first kappa shape index (κ1) is 23.1. The minimum Gasteiger partial charge on any atom is -0.444 e. The predicted octanol–water partition coefficient (Wildman–Crippen LogP) is 1.73. The van der Waals surface area contributed by atoms with E-state index in [4.69, 9.17) is 4.74 Å². The number of nitrogens with zero attached hydrogens (tertiary/aromatic N) is 1. The number of halogens is 3. The molecule has 2 amide bonds. The minimum atomic E-state index is -1.67. The van der Waals surface area contributed by atoms with Crippen LogP contribution >= 0.6 is 0 Å². The van der Waals surface area contributed by atoms with E-state index < -0.39 is 40.7 Å². The first-order valence-electron chi connectivity index (χ1n) is 8.38. The maximum absolute atomic E-state index is 13.5. The summed E-state index contributed by atoms with van der Waals surface area (Å²) >= 11 is 0. The lowest BCUT2D eigenvalue weighted by atomic mass is 10.2. The molecule has 1 aromatic rings. The Morgan fingerprint density at radius 3 is 2.29 bits per heavy atom. The monoisotopic (exact) mass is 403 g/mol. The van der Waals surface area contributed by atoms with Crippen molar-refractivity contribution in [1.29, 1.82) is 0 Å². The molecular weight excluding hydrogens is 379 g/mol. The molecule has 0 aliphatic rings. The SMILES string of the molecule is CN=C(NCCNC(=O)OC(C)(C)C)NCC(=O)Nc1ccc(F)c(F)c1F. The fraction of sp³-hybridized carbons (Fsp3) is 0.471. The Bertz CT molecular complexity index is 735. The van der Waals surface area contributed by atoms with Gasteiger partial charge in [-0.3, -0.25) is 9.79 Å². The average Bonchev–Trinajstić information content (AvgIpc) is 2.60. The highest BCUT2D eigenvalue weighted by Gasteiger charge is 2.16. The van der Waals surface area contributed by atoms with Gasteiger partial charge in [0.05, 0.1) is 12.2 Å². The molecule has 0 bridgehead atoms. The molecule has 0 unspecified atom stereocenters. The summed E-state index contributed by atoms with van der Waals surface area (Å²) in [7, 11) is 1.46. The van der Waals surface area contributed by atoms with Gasteiger partial charge in [-0.15, -0.1) is 0 Å². The summed E-state index contributed by atoms with van der Waals surface area (Å²) in [6.07, 6.45) is -0.565. The van der Waals surface area contributed by atoms with E-state index >= 15 is 0 Å². The maximum Gasteiger partial charge on any atom is 0.407 e. The molecular formula is C17H24F3N5O3. The van der Waals surface area contributed by atoms with Gasteiger partial charge in [0, 0.05) is 20.1 Å². The van der Waals surface area contributed by atoms with E-state index in [0.717, 1.165) is 6.07 Å². The lowest BCUT2D eigenvalue weighted by Gasteiger charge is -2.19. The van der Waals surface area contributed by atoms with Crippen LogP contribution in [0, 0.1) is 17.5 Å². The first-order chi connectivity index (χ1) is 13.0. The van der Waals surface area contributed by atoms with Crippen molar-refractivity contribution in [2.24, 2.45) is 4.99 Å². The Morgan fingerprint density at radius 2 is 1.68 bits per heavy atom. The zero-order valence-electron chi connectivity index (χ0n) is 16.1. The number of anilines is 1. The molecule has 0 saturated carbocycles. The van der Waals surface area contributed by atoms with Crippen molar-refractivity contribution >= 4 is 23.6 Å². The smallest absolute Gasteiger partial charge is 0.407 e. The van der Waals surface area contributed by atoms with Crippen LogP contribution in [0.4, 0.5) is 23.7 Å². The number of alkyl carbamates (subject to hydrolysis) is 1. The number of hydrogen-bond acceptors (Lipinski definition) is 4. The maximum atomic E-state index is 13.5. The number of benzene rings is 1. The lowest BCUT2D eigenvalue weighted by molar-refractivity contribution is -0.115. The Morgan fingerprint density at radius 1 is 1.04 bits per heavy atom. The molecule has 0 radical (unpaired) electrons. The van der Waals surface area contributed by atoms with Crippen molar-refractivity contribution in [2.75, 3.05) is 32.0 Å². The summed E-state index contributed by atoms with van der Waals surface area (Å²) in [6.45, 7) is 5.45. The highest BCUT2D eigenvalue weighted by atomic mass is 19.2. The number of rotatable bonds is 6. The molecule has 156 valence electrons. The van der Waals surface area contributed by atoms with Crippen LogP contribution in [0.1, 0.15) is 20.8 Å². The van der Waals surface area contributed by atoms with Gasteiger partial charge in [0.2, 0.25) is 5.91 Å². The van der Waals surface area contributed by atoms with Crippen LogP contribution in [0.15, 0.2) is 17.1 Å². The highest BCUT2D eigenvalue weighted by molar-refractivity contribution is 5.95. The summed E-state index contributed by atoms with van der Waals surface area (Å²) in [4.78, 5) is 27.2. The van der Waals surface area contributed by atoms with E-state index in [1.54, 1.807) is 20.8 Å². The third kappa shape index (κ3) is 8.14. The zero-order chi connectivity index (χ0) is 21.3. The molecule has 11 heteroatoms. The summed E-state index contributed by atoms with van der Waals surface area (Å²) < 4.78 is 44.6. The number of hydrogen-bond donors (Lipinski definition) is 4. The Kier molecular flexibility index (Phi) is 8.55. The fourth-order valence-corrected chi connectivity index (χ4v) is 1.86. The first-order valence-corrected chi connectivity index (χ1v) is 8.38. The number of carbonyl (C=O) groups is 2. The van der Waals surface area contributed by atoms with Gasteiger partial charge in [0.1, 0.15) is 5.60 Å². The van der Waals surface area contributed by atoms with Gasteiger partial charge in [-0.25, -0.2) is 18.0 Å². The second-order valence-electron chi connectivity index (χ2n) is 6.55. The van der Waals surface area contributed by atoms with E-state index in [1.165, 1.54) is 7.05 Å². The van der Waals surface area contributed by atoms with Gasteiger partial charge in [-0.2, -0.15) is 0 Å². The van der Waals surface area contributed by atoms with Crippen molar-refractivity contribution in [3.05, 3.63) is 29.6 Å². The summed E-state index contributed by atoms with van der Waals surface area (Å²) in [5.41, 5.74) is -1.08. The number of aliphatic imine (C=N–C) groups is 1. The van der Waals surface area contributed by atoms with E-state index in [9.17, 15) is 22.8 Å². The second kappa shape index (κ2) is 10.4. The van der Waals surface area contributed by atoms with Crippen LogP contribution in [0.3, 0.4) is 0 Å². The number of nitrogens with one attached hydrogen (secondary N) is 4. The summed E-state index contributed by atoms with van der Waals surface area (Å²) in [5.74, 6) is -4.95. The van der Waals surface area contributed by atoms with Crippen molar-refractivity contribution in [2.45, 2.75) is 26.4 Å². The topological polar surface area (TPSA) is 104 Å². The molecule has 0 saturated heterocycles. The molecule has 0 aliphatic heterocycles. The van der Waals surface area contributed by atoms with Crippen LogP contribution in [0.5, 0.6) is 0 Å². The molecule has 0 heterocycles. The highest BCUT2D eigenvalue weighted by Crippen LogP contribution is 2.19. The van der Waals surface area contributed by atoms with Crippen molar-refractivity contribution < 1.29 is 27.5 Å². The van der Waals surface area contributed by atoms with Crippen LogP contribution in [-0.4, -0.2) is 50.2 Å². The van der Waals surface area contributed by atoms with E-state index in [1.807, 2.05) is 0 Å². The largest absolute Gasteiger partial charge is 0.444 e. The van der Waals surface area contributed by atoms with Crippen molar-refractivity contribution in [3.63, 3.8) is 0 Å².